The van der Waals surface area contributed by atoms with Crippen LogP contribution >= 0.6 is 0 Å². The van der Waals surface area contributed by atoms with E-state index in [1.807, 2.05) is 41.5 Å². The van der Waals surface area contributed by atoms with Crippen LogP contribution in [0.15, 0.2) is 42.1 Å². The monoisotopic (exact) mass is 323 g/mol. The van der Waals surface area contributed by atoms with E-state index in [-0.39, 0.29) is 30.8 Å². The highest BCUT2D eigenvalue weighted by molar-refractivity contribution is 5.92. The molecule has 122 valence electrons. The maximum Gasteiger partial charge on any atom is 0.251 e. The van der Waals surface area contributed by atoms with Crippen LogP contribution in [0.5, 0.6) is 11.5 Å². The Morgan fingerprint density at radius 2 is 2.04 bits per heavy atom. The number of hydrogen-bond donors (Lipinski definition) is 0. The summed E-state index contributed by atoms with van der Waals surface area (Å²) in [6.45, 7) is 0.248. The van der Waals surface area contributed by atoms with Crippen LogP contribution in [0.3, 0.4) is 0 Å². The molecule has 1 aromatic carbocycles. The predicted molar refractivity (Wildman–Crippen MR) is 87.3 cm³/mol. The quantitative estimate of drug-likeness (QED) is 0.797. The molecule has 0 saturated heterocycles. The summed E-state index contributed by atoms with van der Waals surface area (Å²) in [6, 6.07) is 3.99. The average Bonchev–Trinajstić information content (AvgIpc) is 3.06. The number of carbonyl (C=O) groups excluding carboxylic acids is 1. The van der Waals surface area contributed by atoms with Gasteiger partial charge in [0.25, 0.3) is 5.91 Å². The molecule has 4 aliphatic rings. The van der Waals surface area contributed by atoms with Gasteiger partial charge >= 0.3 is 0 Å². The second kappa shape index (κ2) is 4.98. The Hall–Kier alpha value is -2.53. The second-order valence-corrected chi connectivity index (χ2v) is 6.46. The van der Waals surface area contributed by atoms with Gasteiger partial charge in [-0.25, -0.2) is 0 Å². The van der Waals surface area contributed by atoms with E-state index < -0.39 is 0 Å². The van der Waals surface area contributed by atoms with Crippen LogP contribution in [0, 0.1) is 5.92 Å². The van der Waals surface area contributed by atoms with Gasteiger partial charge in [0.15, 0.2) is 11.5 Å². The van der Waals surface area contributed by atoms with E-state index in [0.717, 1.165) is 34.6 Å². The molecule has 0 aromatic heterocycles. The van der Waals surface area contributed by atoms with E-state index in [9.17, 15) is 4.79 Å². The molecule has 3 unspecified atom stereocenters. The summed E-state index contributed by atoms with van der Waals surface area (Å²) in [5.41, 5.74) is 3.27. The average molecular weight is 323 g/mol. The minimum absolute atomic E-state index is 0.0198. The Morgan fingerprint density at radius 3 is 2.88 bits per heavy atom. The summed E-state index contributed by atoms with van der Waals surface area (Å²) in [4.78, 5) is 14.4. The Bertz CT molecular complexity index is 823. The number of benzene rings is 1. The van der Waals surface area contributed by atoms with Crippen LogP contribution in [0.25, 0.3) is 6.08 Å². The first-order chi connectivity index (χ1) is 11.7. The van der Waals surface area contributed by atoms with Crippen LogP contribution in [0.1, 0.15) is 23.6 Å². The van der Waals surface area contributed by atoms with Crippen LogP contribution < -0.4 is 9.47 Å². The van der Waals surface area contributed by atoms with Crippen molar-refractivity contribution < 1.29 is 19.0 Å². The van der Waals surface area contributed by atoms with E-state index in [2.05, 4.69) is 0 Å². The fourth-order valence-corrected chi connectivity index (χ4v) is 4.06. The summed E-state index contributed by atoms with van der Waals surface area (Å²) in [6.07, 6.45) is 10.6. The van der Waals surface area contributed by atoms with Gasteiger partial charge in [-0.3, -0.25) is 4.79 Å². The highest BCUT2D eigenvalue weighted by atomic mass is 16.7. The highest BCUT2D eigenvalue weighted by Crippen LogP contribution is 2.48. The number of hydrogen-bond acceptors (Lipinski definition) is 4. The van der Waals surface area contributed by atoms with Crippen molar-refractivity contribution in [3.8, 4) is 11.5 Å². The van der Waals surface area contributed by atoms with Gasteiger partial charge in [0.2, 0.25) is 6.79 Å². The van der Waals surface area contributed by atoms with Gasteiger partial charge in [0.1, 0.15) is 0 Å². The molecule has 3 aliphatic heterocycles. The number of ether oxygens (including phenoxy) is 3. The van der Waals surface area contributed by atoms with E-state index in [4.69, 9.17) is 14.2 Å². The first kappa shape index (κ1) is 13.9. The van der Waals surface area contributed by atoms with Crippen molar-refractivity contribution in [2.75, 3.05) is 13.9 Å². The summed E-state index contributed by atoms with van der Waals surface area (Å²) in [7, 11) is 1.72. The number of methoxy groups -OCH3 is 1. The zero-order chi connectivity index (χ0) is 16.3. The molecule has 0 radical (unpaired) electrons. The molecule has 0 N–H and O–H groups in total. The van der Waals surface area contributed by atoms with Crippen LogP contribution in [-0.2, 0) is 9.53 Å². The number of fused-ring (bicyclic) bond motifs is 6. The van der Waals surface area contributed by atoms with Crippen molar-refractivity contribution in [1.82, 2.24) is 4.90 Å². The summed E-state index contributed by atoms with van der Waals surface area (Å²) < 4.78 is 16.6. The first-order valence-electron chi connectivity index (χ1n) is 8.11. The highest BCUT2D eigenvalue weighted by Gasteiger charge is 2.41. The zero-order valence-electron chi connectivity index (χ0n) is 13.3. The van der Waals surface area contributed by atoms with Crippen molar-refractivity contribution in [3.05, 3.63) is 53.3 Å². The maximum atomic E-state index is 12.6. The predicted octanol–water partition coefficient (Wildman–Crippen LogP) is 2.80. The van der Waals surface area contributed by atoms with Gasteiger partial charge in [-0.05, 0) is 41.3 Å². The van der Waals surface area contributed by atoms with Gasteiger partial charge in [-0.15, -0.1) is 0 Å². The molecule has 5 nitrogen and oxygen atoms in total. The van der Waals surface area contributed by atoms with Gasteiger partial charge < -0.3 is 19.1 Å². The topological polar surface area (TPSA) is 48.0 Å². The minimum atomic E-state index is -0.0328. The smallest absolute Gasteiger partial charge is 0.251 e. The molecule has 5 heteroatoms. The number of carbonyl (C=O) groups is 1. The largest absolute Gasteiger partial charge is 0.454 e. The molecular weight excluding hydrogens is 306 g/mol. The first-order valence-corrected chi connectivity index (χ1v) is 8.11. The third-order valence-corrected chi connectivity index (χ3v) is 5.26. The Balaban J connectivity index is 1.65. The fourth-order valence-electron chi connectivity index (χ4n) is 4.06. The number of rotatable bonds is 1. The molecule has 3 atom stereocenters. The number of allylic oxidation sites excluding steroid dienone is 1. The molecule has 1 aliphatic carbocycles. The summed E-state index contributed by atoms with van der Waals surface area (Å²) >= 11 is 0. The Kier molecular flexibility index (Phi) is 2.88. The van der Waals surface area contributed by atoms with Gasteiger partial charge in [0, 0.05) is 25.3 Å². The molecule has 1 amide bonds. The molecule has 0 spiro atoms. The second-order valence-electron chi connectivity index (χ2n) is 6.46. The van der Waals surface area contributed by atoms with Crippen LogP contribution in [-0.4, -0.2) is 30.8 Å². The normalized spacial score (nSPS) is 29.0. The van der Waals surface area contributed by atoms with Crippen molar-refractivity contribution in [1.29, 1.82) is 0 Å². The lowest BCUT2D eigenvalue weighted by Crippen LogP contribution is -2.42. The molecular formula is C19H17NO4. The molecule has 5 rings (SSSR count). The third kappa shape index (κ3) is 1.88. The molecule has 0 saturated carbocycles. The van der Waals surface area contributed by atoms with Gasteiger partial charge in [-0.1, -0.05) is 12.2 Å². The third-order valence-electron chi connectivity index (χ3n) is 5.26. The lowest BCUT2D eigenvalue weighted by atomic mass is 9.74. The van der Waals surface area contributed by atoms with Crippen molar-refractivity contribution in [3.63, 3.8) is 0 Å². The molecule has 1 aromatic rings. The maximum absolute atomic E-state index is 12.6. The van der Waals surface area contributed by atoms with Crippen molar-refractivity contribution in [2.45, 2.75) is 18.6 Å². The summed E-state index contributed by atoms with van der Waals surface area (Å²) in [5, 5.41) is 0. The van der Waals surface area contributed by atoms with E-state index >= 15 is 0 Å². The molecule has 0 bridgehead atoms. The SMILES string of the molecule is COC1C=CC2=CC(=O)N3C=Cc4cc5c(cc4C3C2C1)OCO5. The van der Waals surface area contributed by atoms with E-state index in [0.29, 0.717) is 0 Å². The zero-order valence-corrected chi connectivity index (χ0v) is 13.3. The van der Waals surface area contributed by atoms with E-state index in [1.54, 1.807) is 13.2 Å². The van der Waals surface area contributed by atoms with Crippen LogP contribution in [0.4, 0.5) is 0 Å². The standard InChI is InChI=1S/C19H17NO4/c1-22-13-3-2-11-7-18(21)20-5-4-12-6-16-17(24-10-23-16)9-15(12)19(20)14(11)8-13/h2-7,9,13-14,19H,8,10H2,1H3. The van der Waals surface area contributed by atoms with Crippen LogP contribution in [0.2, 0.25) is 0 Å². The lowest BCUT2D eigenvalue weighted by molar-refractivity contribution is -0.127. The fraction of sp³-hybridized carbons (Fsp3) is 0.316. The Morgan fingerprint density at radius 1 is 1.21 bits per heavy atom. The Labute approximate surface area is 139 Å². The molecule has 3 heterocycles. The minimum Gasteiger partial charge on any atom is -0.454 e. The summed E-state index contributed by atoms with van der Waals surface area (Å²) in [5.74, 6) is 1.75. The number of nitrogens with zero attached hydrogens (tertiary/aromatic N) is 1. The molecule has 0 fully saturated rings. The van der Waals surface area contributed by atoms with E-state index in [1.165, 1.54) is 0 Å². The van der Waals surface area contributed by atoms with Crippen molar-refractivity contribution >= 4 is 12.0 Å². The molecule has 24 heavy (non-hydrogen) atoms. The van der Waals surface area contributed by atoms with Crippen molar-refractivity contribution in [2.24, 2.45) is 5.92 Å². The number of amides is 1. The van der Waals surface area contributed by atoms with Gasteiger partial charge in [0.05, 0.1) is 12.1 Å². The van der Waals surface area contributed by atoms with Gasteiger partial charge in [-0.2, -0.15) is 0 Å². The lowest BCUT2D eigenvalue weighted by Gasteiger charge is -2.43.